The van der Waals surface area contributed by atoms with E-state index in [1.165, 1.54) is 31.2 Å². The molecule has 1 aromatic carbocycles. The molecule has 13 heteroatoms. The minimum atomic E-state index is -1.62. The summed E-state index contributed by atoms with van der Waals surface area (Å²) in [6.07, 6.45) is -1.43. The van der Waals surface area contributed by atoms with Crippen molar-refractivity contribution >= 4 is 29.6 Å². The fourth-order valence-electron chi connectivity index (χ4n) is 3.40. The van der Waals surface area contributed by atoms with Crippen molar-refractivity contribution in [2.75, 3.05) is 0 Å². The van der Waals surface area contributed by atoms with Gasteiger partial charge in [-0.05, 0) is 43.4 Å². The zero-order valence-electron chi connectivity index (χ0n) is 21.1. The first kappa shape index (κ1) is 31.3. The highest BCUT2D eigenvalue weighted by Crippen LogP contribution is 2.13. The summed E-state index contributed by atoms with van der Waals surface area (Å²) < 4.78 is 0. The lowest BCUT2D eigenvalue weighted by Crippen LogP contribution is -2.59. The Morgan fingerprint density at radius 3 is 1.92 bits per heavy atom. The summed E-state index contributed by atoms with van der Waals surface area (Å²) in [5.41, 5.74) is 11.4. The summed E-state index contributed by atoms with van der Waals surface area (Å²) in [5.74, 6) is -4.42. The van der Waals surface area contributed by atoms with Crippen LogP contribution in [0, 0.1) is 5.92 Å². The maximum atomic E-state index is 13.2. The first-order chi connectivity index (χ1) is 17.2. The number of carbonyl (C=O) groups excluding carboxylic acids is 4. The third kappa shape index (κ3) is 11.3. The Hall–Kier alpha value is -3.71. The second kappa shape index (κ2) is 14.8. The molecule has 0 aliphatic rings. The van der Waals surface area contributed by atoms with Crippen LogP contribution in [0.5, 0.6) is 5.75 Å². The highest BCUT2D eigenvalue weighted by atomic mass is 16.4. The molecule has 0 bridgehead atoms. The Bertz CT molecular complexity index is 951. The quantitative estimate of drug-likeness (QED) is 0.133. The van der Waals surface area contributed by atoms with E-state index in [0.29, 0.717) is 5.56 Å². The van der Waals surface area contributed by atoms with E-state index < -0.39 is 59.9 Å². The molecule has 0 radical (unpaired) electrons. The Balaban J connectivity index is 3.13. The van der Waals surface area contributed by atoms with Gasteiger partial charge in [-0.15, -0.1) is 0 Å². The van der Waals surface area contributed by atoms with Crippen molar-refractivity contribution in [3.05, 3.63) is 29.8 Å². The van der Waals surface area contributed by atoms with Gasteiger partial charge in [-0.25, -0.2) is 4.79 Å². The number of nitrogens with one attached hydrogen (secondary N) is 3. The standard InChI is InChI=1S/C24H37N5O8/c1-12(2)10-17(27-21(33)16(25)8-9-19(26)32)22(34)28-18(11-14-4-6-15(31)7-5-14)23(35)29-20(13(3)30)24(36)37/h4-7,12-13,16-18,20,30-31H,8-11,25H2,1-3H3,(H2,26,32)(H,27,33)(H,28,34)(H,29,35)(H,36,37). The molecule has 0 heterocycles. The molecule has 0 aromatic heterocycles. The number of hydrogen-bond acceptors (Lipinski definition) is 8. The van der Waals surface area contributed by atoms with Crippen molar-refractivity contribution in [3.63, 3.8) is 0 Å². The van der Waals surface area contributed by atoms with Crippen LogP contribution >= 0.6 is 0 Å². The molecule has 0 aliphatic heterocycles. The Labute approximate surface area is 215 Å². The normalized spacial score (nSPS) is 15.1. The number of phenols is 1. The zero-order chi connectivity index (χ0) is 28.3. The fourth-order valence-corrected chi connectivity index (χ4v) is 3.40. The third-order valence-corrected chi connectivity index (χ3v) is 5.43. The predicted octanol–water partition coefficient (Wildman–Crippen LogP) is -1.51. The van der Waals surface area contributed by atoms with Crippen LogP contribution in [0.1, 0.15) is 45.6 Å². The zero-order valence-corrected chi connectivity index (χ0v) is 21.1. The maximum Gasteiger partial charge on any atom is 0.328 e. The van der Waals surface area contributed by atoms with Gasteiger partial charge < -0.3 is 42.7 Å². The van der Waals surface area contributed by atoms with Crippen molar-refractivity contribution in [2.45, 2.75) is 76.7 Å². The van der Waals surface area contributed by atoms with Crippen LogP contribution < -0.4 is 27.4 Å². The summed E-state index contributed by atoms with van der Waals surface area (Å²) in [5, 5.41) is 35.9. The molecule has 5 atom stereocenters. The molecule has 206 valence electrons. The van der Waals surface area contributed by atoms with Crippen molar-refractivity contribution in [1.82, 2.24) is 16.0 Å². The van der Waals surface area contributed by atoms with E-state index in [1.54, 1.807) is 0 Å². The number of rotatable bonds is 15. The largest absolute Gasteiger partial charge is 0.508 e. The lowest BCUT2D eigenvalue weighted by Gasteiger charge is -2.26. The molecule has 0 saturated heterocycles. The summed E-state index contributed by atoms with van der Waals surface area (Å²) >= 11 is 0. The van der Waals surface area contributed by atoms with Crippen molar-refractivity contribution in [1.29, 1.82) is 0 Å². The van der Waals surface area contributed by atoms with Gasteiger partial charge in [-0.1, -0.05) is 26.0 Å². The first-order valence-corrected chi connectivity index (χ1v) is 11.8. The van der Waals surface area contributed by atoms with E-state index in [4.69, 9.17) is 11.5 Å². The van der Waals surface area contributed by atoms with Crippen LogP contribution in [0.15, 0.2) is 24.3 Å². The van der Waals surface area contributed by atoms with Gasteiger partial charge in [0, 0.05) is 12.8 Å². The lowest BCUT2D eigenvalue weighted by atomic mass is 10.00. The molecule has 0 fully saturated rings. The molecule has 4 amide bonds. The Kier molecular flexibility index (Phi) is 12.5. The molecular formula is C24H37N5O8. The molecule has 0 spiro atoms. The maximum absolute atomic E-state index is 13.2. The molecule has 37 heavy (non-hydrogen) atoms. The molecule has 1 rings (SSSR count). The molecule has 10 N–H and O–H groups in total. The lowest BCUT2D eigenvalue weighted by molar-refractivity contribution is -0.145. The van der Waals surface area contributed by atoms with Crippen LogP contribution in [0.2, 0.25) is 0 Å². The summed E-state index contributed by atoms with van der Waals surface area (Å²) in [7, 11) is 0. The average molecular weight is 524 g/mol. The van der Waals surface area contributed by atoms with Gasteiger partial charge in [0.25, 0.3) is 0 Å². The third-order valence-electron chi connectivity index (χ3n) is 5.43. The van der Waals surface area contributed by atoms with Crippen LogP contribution in [0.4, 0.5) is 0 Å². The second-order valence-electron chi connectivity index (χ2n) is 9.30. The molecule has 1 aromatic rings. The SMILES string of the molecule is CC(C)CC(NC(=O)C(N)CCC(N)=O)C(=O)NC(Cc1ccc(O)cc1)C(=O)NC(C(=O)O)C(C)O. The van der Waals surface area contributed by atoms with Gasteiger partial charge in [0.1, 0.15) is 17.8 Å². The number of amides is 4. The summed E-state index contributed by atoms with van der Waals surface area (Å²) in [4.78, 5) is 61.1. The minimum Gasteiger partial charge on any atom is -0.508 e. The van der Waals surface area contributed by atoms with Crippen molar-refractivity contribution in [3.8, 4) is 5.75 Å². The van der Waals surface area contributed by atoms with Crippen LogP contribution in [-0.2, 0) is 30.4 Å². The van der Waals surface area contributed by atoms with E-state index >= 15 is 0 Å². The van der Waals surface area contributed by atoms with Gasteiger partial charge in [0.05, 0.1) is 12.1 Å². The number of carboxylic acid groups (broad SMARTS) is 1. The first-order valence-electron chi connectivity index (χ1n) is 11.8. The number of primary amides is 1. The number of benzene rings is 1. The van der Waals surface area contributed by atoms with Crippen LogP contribution in [0.3, 0.4) is 0 Å². The fraction of sp³-hybridized carbons (Fsp3) is 0.542. The second-order valence-corrected chi connectivity index (χ2v) is 9.30. The Morgan fingerprint density at radius 1 is 0.892 bits per heavy atom. The highest BCUT2D eigenvalue weighted by Gasteiger charge is 2.32. The highest BCUT2D eigenvalue weighted by molar-refractivity contribution is 5.94. The number of nitrogens with two attached hydrogens (primary N) is 2. The van der Waals surface area contributed by atoms with E-state index in [1.807, 2.05) is 13.8 Å². The number of aromatic hydroxyl groups is 1. The van der Waals surface area contributed by atoms with E-state index in [-0.39, 0.29) is 37.4 Å². The van der Waals surface area contributed by atoms with Crippen LogP contribution in [0.25, 0.3) is 0 Å². The van der Waals surface area contributed by atoms with Gasteiger partial charge in [-0.3, -0.25) is 19.2 Å². The van der Waals surface area contributed by atoms with Crippen molar-refractivity contribution in [2.24, 2.45) is 17.4 Å². The topological polar surface area (TPSA) is 234 Å². The van der Waals surface area contributed by atoms with E-state index in [9.17, 15) is 39.3 Å². The monoisotopic (exact) mass is 523 g/mol. The molecule has 0 aliphatic carbocycles. The molecule has 5 unspecified atom stereocenters. The molecule has 0 saturated carbocycles. The smallest absolute Gasteiger partial charge is 0.328 e. The number of phenolic OH excluding ortho intramolecular Hbond substituents is 1. The van der Waals surface area contributed by atoms with Crippen molar-refractivity contribution < 1.29 is 39.3 Å². The number of aliphatic hydroxyl groups is 1. The molecular weight excluding hydrogens is 486 g/mol. The van der Waals surface area contributed by atoms with Gasteiger partial charge >= 0.3 is 5.97 Å². The van der Waals surface area contributed by atoms with Crippen LogP contribution in [-0.4, -0.2) is 75.2 Å². The number of aliphatic carboxylic acids is 1. The van der Waals surface area contributed by atoms with E-state index in [0.717, 1.165) is 0 Å². The minimum absolute atomic E-state index is 0.0128. The van der Waals surface area contributed by atoms with Gasteiger partial charge in [-0.2, -0.15) is 0 Å². The summed E-state index contributed by atoms with van der Waals surface area (Å²) in [6.45, 7) is 4.84. The van der Waals surface area contributed by atoms with Gasteiger partial charge in [0.2, 0.25) is 23.6 Å². The number of hydrogen-bond donors (Lipinski definition) is 8. The number of aliphatic hydroxyl groups excluding tert-OH is 1. The molecule has 13 nitrogen and oxygen atoms in total. The van der Waals surface area contributed by atoms with E-state index in [2.05, 4.69) is 16.0 Å². The number of carbonyl (C=O) groups is 5. The number of carboxylic acids is 1. The average Bonchev–Trinajstić information content (AvgIpc) is 2.80. The predicted molar refractivity (Wildman–Crippen MR) is 133 cm³/mol. The summed E-state index contributed by atoms with van der Waals surface area (Å²) in [6, 6.07) is 0.734. The Morgan fingerprint density at radius 2 is 1.43 bits per heavy atom. The van der Waals surface area contributed by atoms with Gasteiger partial charge in [0.15, 0.2) is 6.04 Å².